The number of carbonyl (C=O) groups excluding carboxylic acids is 2. The van der Waals surface area contributed by atoms with Gasteiger partial charge in [-0.15, -0.1) is 0 Å². The standard InChI is InChI=1S/C36H40N2O4S2/c1-3-5-23-41-31-19-11-7-15-27(31)25-37-35(39)29-17-9-13-21-33(29)43-44-34-22-14-10-18-30(34)36(40)38-26-28-16-8-12-20-32(28)42-24-6-4-2/h7-22H,3-6,23-26H2,1-2H3,(H,37,39)(H,38,40). The Morgan fingerprint density at radius 2 is 0.955 bits per heavy atom. The van der Waals surface area contributed by atoms with E-state index in [0.717, 1.165) is 58.1 Å². The van der Waals surface area contributed by atoms with Gasteiger partial charge in [0.05, 0.1) is 24.3 Å². The first-order chi connectivity index (χ1) is 21.6. The van der Waals surface area contributed by atoms with Gasteiger partial charge in [-0.3, -0.25) is 9.59 Å². The number of benzene rings is 4. The summed E-state index contributed by atoms with van der Waals surface area (Å²) in [5, 5.41) is 6.10. The van der Waals surface area contributed by atoms with Crippen LogP contribution in [0.1, 0.15) is 71.4 Å². The quantitative estimate of drug-likeness (QED) is 0.0900. The highest BCUT2D eigenvalue weighted by molar-refractivity contribution is 8.76. The minimum atomic E-state index is -0.164. The molecule has 6 nitrogen and oxygen atoms in total. The van der Waals surface area contributed by atoms with Crippen molar-refractivity contribution in [3.05, 3.63) is 119 Å². The van der Waals surface area contributed by atoms with Gasteiger partial charge >= 0.3 is 0 Å². The van der Waals surface area contributed by atoms with E-state index in [2.05, 4.69) is 24.5 Å². The summed E-state index contributed by atoms with van der Waals surface area (Å²) in [6.45, 7) is 6.29. The molecule has 0 saturated carbocycles. The van der Waals surface area contributed by atoms with Crippen LogP contribution in [-0.2, 0) is 13.1 Å². The molecule has 2 amide bonds. The van der Waals surface area contributed by atoms with Gasteiger partial charge in [0.2, 0.25) is 0 Å². The largest absolute Gasteiger partial charge is 0.493 e. The van der Waals surface area contributed by atoms with Crippen LogP contribution in [-0.4, -0.2) is 25.0 Å². The number of unbranched alkanes of at least 4 members (excludes halogenated alkanes) is 2. The SMILES string of the molecule is CCCCOc1ccccc1CNC(=O)c1ccccc1SSc1ccccc1C(=O)NCc1ccccc1OCCCC. The van der Waals surface area contributed by atoms with Gasteiger partial charge in [0.1, 0.15) is 11.5 Å². The highest BCUT2D eigenvalue weighted by Crippen LogP contribution is 2.40. The van der Waals surface area contributed by atoms with Crippen LogP contribution in [0.3, 0.4) is 0 Å². The summed E-state index contributed by atoms with van der Waals surface area (Å²) >= 11 is 0. The molecular weight excluding hydrogens is 589 g/mol. The third-order valence-electron chi connectivity index (χ3n) is 6.82. The highest BCUT2D eigenvalue weighted by Gasteiger charge is 2.16. The Labute approximate surface area is 268 Å². The molecule has 0 unspecified atom stereocenters. The van der Waals surface area contributed by atoms with Crippen molar-refractivity contribution < 1.29 is 19.1 Å². The average molecular weight is 629 g/mol. The number of hydrogen-bond acceptors (Lipinski definition) is 6. The van der Waals surface area contributed by atoms with E-state index in [1.807, 2.05) is 97.1 Å². The molecule has 0 bridgehead atoms. The van der Waals surface area contributed by atoms with Crippen LogP contribution in [0.15, 0.2) is 107 Å². The summed E-state index contributed by atoms with van der Waals surface area (Å²) in [6.07, 6.45) is 4.08. The van der Waals surface area contributed by atoms with Crippen molar-refractivity contribution in [3.8, 4) is 11.5 Å². The van der Waals surface area contributed by atoms with E-state index in [-0.39, 0.29) is 11.8 Å². The van der Waals surface area contributed by atoms with Crippen LogP contribution in [0.4, 0.5) is 0 Å². The third-order valence-corrected chi connectivity index (χ3v) is 9.30. The normalized spacial score (nSPS) is 10.7. The number of rotatable bonds is 17. The van der Waals surface area contributed by atoms with Crippen molar-refractivity contribution in [2.75, 3.05) is 13.2 Å². The Morgan fingerprint density at radius 3 is 1.39 bits per heavy atom. The lowest BCUT2D eigenvalue weighted by Gasteiger charge is -2.14. The van der Waals surface area contributed by atoms with Gasteiger partial charge in [-0.2, -0.15) is 0 Å². The summed E-state index contributed by atoms with van der Waals surface area (Å²) < 4.78 is 11.9. The fourth-order valence-corrected chi connectivity index (χ4v) is 6.68. The topological polar surface area (TPSA) is 76.7 Å². The summed E-state index contributed by atoms with van der Waals surface area (Å²) in [7, 11) is 2.92. The van der Waals surface area contributed by atoms with Crippen molar-refractivity contribution in [3.63, 3.8) is 0 Å². The van der Waals surface area contributed by atoms with Crippen LogP contribution in [0.25, 0.3) is 0 Å². The Kier molecular flexibility index (Phi) is 13.5. The first-order valence-corrected chi connectivity index (χ1v) is 17.3. The van der Waals surface area contributed by atoms with Gasteiger partial charge in [0.15, 0.2) is 0 Å². The predicted molar refractivity (Wildman–Crippen MR) is 181 cm³/mol. The first kappa shape index (κ1) is 33.0. The lowest BCUT2D eigenvalue weighted by molar-refractivity contribution is 0.0939. The van der Waals surface area contributed by atoms with Gasteiger partial charge in [-0.05, 0) is 49.2 Å². The van der Waals surface area contributed by atoms with Crippen molar-refractivity contribution in [2.24, 2.45) is 0 Å². The number of nitrogens with one attached hydrogen (secondary N) is 2. The van der Waals surface area contributed by atoms with Crippen molar-refractivity contribution in [1.82, 2.24) is 10.6 Å². The number of amides is 2. The fraction of sp³-hybridized carbons (Fsp3) is 0.278. The Balaban J connectivity index is 1.38. The number of carbonyl (C=O) groups is 2. The van der Waals surface area contributed by atoms with Gasteiger partial charge in [-0.25, -0.2) is 0 Å². The number of hydrogen-bond donors (Lipinski definition) is 2. The molecule has 0 fully saturated rings. The molecule has 0 aliphatic rings. The smallest absolute Gasteiger partial charge is 0.252 e. The van der Waals surface area contributed by atoms with Crippen LogP contribution in [0.5, 0.6) is 11.5 Å². The lowest BCUT2D eigenvalue weighted by Crippen LogP contribution is -2.24. The molecule has 2 N–H and O–H groups in total. The van der Waals surface area contributed by atoms with E-state index >= 15 is 0 Å². The second kappa shape index (κ2) is 18.0. The van der Waals surface area contributed by atoms with Gasteiger partial charge in [0, 0.05) is 34.0 Å². The molecule has 0 saturated heterocycles. The molecule has 44 heavy (non-hydrogen) atoms. The molecule has 0 aromatic heterocycles. The molecule has 0 spiro atoms. The Hall–Kier alpha value is -3.88. The summed E-state index contributed by atoms with van der Waals surface area (Å²) in [4.78, 5) is 28.2. The molecule has 0 aliphatic heterocycles. The minimum Gasteiger partial charge on any atom is -0.493 e. The van der Waals surface area contributed by atoms with E-state index in [0.29, 0.717) is 37.4 Å². The van der Waals surface area contributed by atoms with Crippen LogP contribution in [0.2, 0.25) is 0 Å². The highest BCUT2D eigenvalue weighted by atomic mass is 33.1. The molecule has 0 aliphatic carbocycles. The van der Waals surface area contributed by atoms with E-state index in [1.165, 1.54) is 21.6 Å². The van der Waals surface area contributed by atoms with Crippen LogP contribution >= 0.6 is 21.6 Å². The van der Waals surface area contributed by atoms with Gasteiger partial charge < -0.3 is 20.1 Å². The summed E-state index contributed by atoms with van der Waals surface area (Å²) in [6, 6.07) is 30.6. The number of para-hydroxylation sites is 2. The lowest BCUT2D eigenvalue weighted by atomic mass is 10.1. The van der Waals surface area contributed by atoms with Crippen LogP contribution < -0.4 is 20.1 Å². The molecule has 4 aromatic rings. The molecule has 8 heteroatoms. The van der Waals surface area contributed by atoms with E-state index < -0.39 is 0 Å². The molecule has 4 aromatic carbocycles. The molecule has 0 radical (unpaired) electrons. The van der Waals surface area contributed by atoms with E-state index in [1.54, 1.807) is 0 Å². The zero-order valence-electron chi connectivity index (χ0n) is 25.3. The second-order valence-corrected chi connectivity index (χ2v) is 12.4. The monoisotopic (exact) mass is 628 g/mol. The predicted octanol–water partition coefficient (Wildman–Crippen LogP) is 8.70. The molecule has 0 atom stereocenters. The van der Waals surface area contributed by atoms with Crippen molar-refractivity contribution in [1.29, 1.82) is 0 Å². The van der Waals surface area contributed by atoms with E-state index in [9.17, 15) is 9.59 Å². The molecular formula is C36H40N2O4S2. The summed E-state index contributed by atoms with van der Waals surface area (Å²) in [5.74, 6) is 1.26. The Bertz CT molecular complexity index is 1400. The minimum absolute atomic E-state index is 0.164. The van der Waals surface area contributed by atoms with Crippen molar-refractivity contribution >= 4 is 33.4 Å². The van der Waals surface area contributed by atoms with Gasteiger partial charge in [0.25, 0.3) is 11.8 Å². The zero-order chi connectivity index (χ0) is 31.0. The number of ether oxygens (including phenoxy) is 2. The maximum Gasteiger partial charge on any atom is 0.252 e. The molecule has 4 rings (SSSR count). The molecule has 230 valence electrons. The maximum atomic E-state index is 13.3. The van der Waals surface area contributed by atoms with E-state index in [4.69, 9.17) is 9.47 Å². The van der Waals surface area contributed by atoms with Crippen LogP contribution in [0, 0.1) is 0 Å². The average Bonchev–Trinajstić information content (AvgIpc) is 3.06. The second-order valence-electron chi connectivity index (χ2n) is 10.1. The van der Waals surface area contributed by atoms with Crippen molar-refractivity contribution in [2.45, 2.75) is 62.4 Å². The zero-order valence-corrected chi connectivity index (χ0v) is 27.0. The van der Waals surface area contributed by atoms with Gasteiger partial charge in [-0.1, -0.05) is 109 Å². The third kappa shape index (κ3) is 9.82. The maximum absolute atomic E-state index is 13.3. The Morgan fingerprint density at radius 1 is 0.568 bits per heavy atom. The summed E-state index contributed by atoms with van der Waals surface area (Å²) in [5.41, 5.74) is 3.03. The molecule has 0 heterocycles. The fourth-order valence-electron chi connectivity index (χ4n) is 4.32. The first-order valence-electron chi connectivity index (χ1n) is 15.1.